The molecule has 15 heavy (non-hydrogen) atoms. The number of halogens is 3. The first kappa shape index (κ1) is 14.7. The summed E-state index contributed by atoms with van der Waals surface area (Å²) in [6.45, 7) is 0.0818. The van der Waals surface area contributed by atoms with Crippen LogP contribution in [0.1, 0.15) is 19.3 Å². The van der Waals surface area contributed by atoms with Crippen molar-refractivity contribution in [2.45, 2.75) is 25.4 Å². The zero-order valence-electron chi connectivity index (χ0n) is 8.09. The molecule has 0 fully saturated rings. The van der Waals surface area contributed by atoms with Crippen LogP contribution in [0, 0.1) is 0 Å². The van der Waals surface area contributed by atoms with Crippen molar-refractivity contribution in [3.05, 3.63) is 0 Å². The molecule has 2 N–H and O–H groups in total. The maximum atomic E-state index is 11.6. The minimum Gasteiger partial charge on any atom is -0.381 e. The minimum atomic E-state index is -4.16. The van der Waals surface area contributed by atoms with Crippen LogP contribution in [-0.2, 0) is 14.8 Å². The molecular weight excluding hydrogens is 235 g/mol. The van der Waals surface area contributed by atoms with E-state index >= 15 is 0 Å². The van der Waals surface area contributed by atoms with Gasteiger partial charge in [-0.05, 0) is 12.8 Å². The number of sulfonamides is 1. The van der Waals surface area contributed by atoms with E-state index in [2.05, 4.69) is 0 Å². The number of rotatable bonds is 7. The zero-order chi connectivity index (χ0) is 11.9. The molecule has 0 saturated heterocycles. The molecule has 0 radical (unpaired) electrons. The summed E-state index contributed by atoms with van der Waals surface area (Å²) in [5, 5.41) is 4.70. The van der Waals surface area contributed by atoms with E-state index in [1.54, 1.807) is 0 Å². The number of ether oxygens (including phenoxy) is 1. The summed E-state index contributed by atoms with van der Waals surface area (Å²) in [6, 6.07) is 0. The first-order valence-electron chi connectivity index (χ1n) is 4.36. The molecule has 0 aliphatic carbocycles. The molecule has 4 nitrogen and oxygen atoms in total. The Balaban J connectivity index is 3.27. The van der Waals surface area contributed by atoms with Gasteiger partial charge in [0.15, 0.2) is 0 Å². The number of primary sulfonamides is 1. The van der Waals surface area contributed by atoms with Gasteiger partial charge >= 0.3 is 6.18 Å². The van der Waals surface area contributed by atoms with Crippen LogP contribution >= 0.6 is 0 Å². The summed E-state index contributed by atoms with van der Waals surface area (Å²) in [5.41, 5.74) is 0. The Morgan fingerprint density at radius 1 is 1.13 bits per heavy atom. The molecule has 0 aromatic carbocycles. The molecule has 0 aliphatic rings. The van der Waals surface area contributed by atoms with Crippen LogP contribution in [0.3, 0.4) is 0 Å². The fraction of sp³-hybridized carbons (Fsp3) is 1.00. The van der Waals surface area contributed by atoms with Gasteiger partial charge in [-0.15, -0.1) is 0 Å². The Hall–Kier alpha value is -0.340. The predicted octanol–water partition coefficient (Wildman–Crippen LogP) is 1.02. The summed E-state index contributed by atoms with van der Waals surface area (Å²) in [4.78, 5) is 0. The van der Waals surface area contributed by atoms with Crippen molar-refractivity contribution in [1.82, 2.24) is 0 Å². The largest absolute Gasteiger partial charge is 0.389 e. The molecule has 0 heterocycles. The monoisotopic (exact) mass is 249 g/mol. The van der Waals surface area contributed by atoms with Crippen LogP contribution in [0.5, 0.6) is 0 Å². The highest BCUT2D eigenvalue weighted by atomic mass is 32.2. The van der Waals surface area contributed by atoms with Crippen molar-refractivity contribution >= 4 is 10.0 Å². The van der Waals surface area contributed by atoms with Crippen LogP contribution in [0.2, 0.25) is 0 Å². The summed E-state index contributed by atoms with van der Waals surface area (Å²) in [5.74, 6) is -0.216. The van der Waals surface area contributed by atoms with Crippen LogP contribution in [0.4, 0.5) is 13.2 Å². The smallest absolute Gasteiger partial charge is 0.381 e. The predicted molar refractivity (Wildman–Crippen MR) is 48.7 cm³/mol. The normalized spacial score (nSPS) is 13.1. The lowest BCUT2D eigenvalue weighted by Gasteiger charge is -2.06. The maximum absolute atomic E-state index is 11.6. The molecular formula is C7H14F3NO3S. The highest BCUT2D eigenvalue weighted by molar-refractivity contribution is 7.89. The molecule has 92 valence electrons. The molecule has 0 bridgehead atoms. The van der Waals surface area contributed by atoms with Crippen molar-refractivity contribution in [2.75, 3.05) is 19.0 Å². The topological polar surface area (TPSA) is 69.4 Å². The third kappa shape index (κ3) is 13.7. The Labute approximate surface area is 86.6 Å². The molecule has 8 heteroatoms. The summed E-state index contributed by atoms with van der Waals surface area (Å²) in [6.07, 6.45) is -4.96. The molecule has 0 rings (SSSR count). The molecule has 0 atom stereocenters. The second kappa shape index (κ2) is 6.29. The van der Waals surface area contributed by atoms with Crippen LogP contribution < -0.4 is 5.14 Å². The van der Waals surface area contributed by atoms with Gasteiger partial charge in [-0.3, -0.25) is 0 Å². The van der Waals surface area contributed by atoms with Crippen molar-refractivity contribution in [2.24, 2.45) is 5.14 Å². The van der Waals surface area contributed by atoms with Crippen molar-refractivity contribution in [3.63, 3.8) is 0 Å². The fourth-order valence-corrected chi connectivity index (χ4v) is 1.36. The Morgan fingerprint density at radius 2 is 1.67 bits per heavy atom. The van der Waals surface area contributed by atoms with Gasteiger partial charge < -0.3 is 4.74 Å². The molecule has 0 aromatic heterocycles. The highest BCUT2D eigenvalue weighted by Crippen LogP contribution is 2.20. The molecule has 0 amide bonds. The van der Waals surface area contributed by atoms with Gasteiger partial charge in [0.05, 0.1) is 5.75 Å². The Kier molecular flexibility index (Phi) is 6.15. The summed E-state index contributed by atoms with van der Waals surface area (Å²) >= 11 is 0. The van der Waals surface area contributed by atoms with E-state index in [0.717, 1.165) is 0 Å². The second-order valence-electron chi connectivity index (χ2n) is 3.05. The van der Waals surface area contributed by atoms with Gasteiger partial charge in [0.1, 0.15) is 0 Å². The molecule has 0 saturated carbocycles. The SMILES string of the molecule is NS(=O)(=O)CCCOCCCC(F)(F)F. The van der Waals surface area contributed by atoms with Gasteiger partial charge in [-0.2, -0.15) is 13.2 Å². The first-order valence-corrected chi connectivity index (χ1v) is 6.07. The minimum absolute atomic E-state index is 0.0237. The van der Waals surface area contributed by atoms with E-state index in [1.165, 1.54) is 0 Å². The van der Waals surface area contributed by atoms with Gasteiger partial charge in [-0.25, -0.2) is 13.6 Å². The van der Waals surface area contributed by atoms with Crippen LogP contribution in [0.15, 0.2) is 0 Å². The van der Waals surface area contributed by atoms with E-state index < -0.39 is 22.6 Å². The second-order valence-corrected chi connectivity index (χ2v) is 4.79. The van der Waals surface area contributed by atoms with E-state index in [1.807, 2.05) is 0 Å². The standard InChI is InChI=1S/C7H14F3NO3S/c8-7(9,10)3-1-4-14-5-2-6-15(11,12)13/h1-6H2,(H2,11,12,13). The summed E-state index contributed by atoms with van der Waals surface area (Å²) < 4.78 is 60.6. The fourth-order valence-electron chi connectivity index (χ4n) is 0.839. The lowest BCUT2D eigenvalue weighted by atomic mass is 10.3. The average molecular weight is 249 g/mol. The maximum Gasteiger partial charge on any atom is 0.389 e. The van der Waals surface area contributed by atoms with Crippen molar-refractivity contribution in [1.29, 1.82) is 0 Å². The lowest BCUT2D eigenvalue weighted by Crippen LogP contribution is -2.17. The third-order valence-corrected chi connectivity index (χ3v) is 2.32. The number of nitrogens with two attached hydrogens (primary N) is 1. The van der Waals surface area contributed by atoms with Gasteiger partial charge in [0, 0.05) is 19.6 Å². The van der Waals surface area contributed by atoms with Crippen molar-refractivity contribution in [3.8, 4) is 0 Å². The first-order chi connectivity index (χ1) is 6.71. The number of alkyl halides is 3. The van der Waals surface area contributed by atoms with E-state index in [0.29, 0.717) is 0 Å². The van der Waals surface area contributed by atoms with Crippen LogP contribution in [-0.4, -0.2) is 33.6 Å². The molecule has 0 aromatic rings. The summed E-state index contributed by atoms with van der Waals surface area (Å²) in [7, 11) is -3.50. The zero-order valence-corrected chi connectivity index (χ0v) is 8.90. The number of hydrogen-bond acceptors (Lipinski definition) is 3. The average Bonchev–Trinajstić information content (AvgIpc) is 1.98. The van der Waals surface area contributed by atoms with E-state index in [4.69, 9.17) is 9.88 Å². The van der Waals surface area contributed by atoms with Crippen molar-refractivity contribution < 1.29 is 26.3 Å². The van der Waals surface area contributed by atoms with Gasteiger partial charge in [0.2, 0.25) is 10.0 Å². The van der Waals surface area contributed by atoms with Crippen LogP contribution in [0.25, 0.3) is 0 Å². The molecule has 0 spiro atoms. The molecule has 0 aliphatic heterocycles. The quantitative estimate of drug-likeness (QED) is 0.685. The lowest BCUT2D eigenvalue weighted by molar-refractivity contribution is -0.137. The number of hydrogen-bond donors (Lipinski definition) is 1. The molecule has 0 unspecified atom stereocenters. The van der Waals surface area contributed by atoms with Gasteiger partial charge in [0.25, 0.3) is 0 Å². The van der Waals surface area contributed by atoms with E-state index in [9.17, 15) is 21.6 Å². The van der Waals surface area contributed by atoms with Gasteiger partial charge in [-0.1, -0.05) is 0 Å². The third-order valence-electron chi connectivity index (χ3n) is 1.47. The van der Waals surface area contributed by atoms with E-state index in [-0.39, 0.29) is 31.8 Å². The Bertz CT molecular complexity index is 263. The highest BCUT2D eigenvalue weighted by Gasteiger charge is 2.25. The Morgan fingerprint density at radius 3 is 2.13 bits per heavy atom.